The van der Waals surface area contributed by atoms with E-state index >= 15 is 0 Å². The van der Waals surface area contributed by atoms with E-state index in [0.717, 1.165) is 11.1 Å². The fraction of sp³-hybridized carbons (Fsp3) is 0.150. The summed E-state index contributed by atoms with van der Waals surface area (Å²) in [5.41, 5.74) is 3.04. The first-order valence-electron chi connectivity index (χ1n) is 8.07. The average Bonchev–Trinajstić information content (AvgIpc) is 2.55. The van der Waals surface area contributed by atoms with Crippen molar-refractivity contribution in [3.8, 4) is 0 Å². The molecule has 6 nitrogen and oxygen atoms in total. The van der Waals surface area contributed by atoms with Gasteiger partial charge in [-0.15, -0.1) is 0 Å². The van der Waals surface area contributed by atoms with Gasteiger partial charge in [0.05, 0.1) is 5.39 Å². The lowest BCUT2D eigenvalue weighted by molar-refractivity contribution is -0.114. The van der Waals surface area contributed by atoms with Gasteiger partial charge >= 0.3 is 0 Å². The number of anilines is 2. The zero-order valence-electron chi connectivity index (χ0n) is 14.7. The fourth-order valence-electron chi connectivity index (χ4n) is 2.81. The lowest BCUT2D eigenvalue weighted by Crippen LogP contribution is -2.15. The molecule has 0 aliphatic heterocycles. The molecule has 0 radical (unpaired) electrons. The van der Waals surface area contributed by atoms with Crippen LogP contribution in [-0.2, 0) is 4.79 Å². The van der Waals surface area contributed by atoms with Crippen molar-refractivity contribution in [2.75, 3.05) is 10.6 Å². The summed E-state index contributed by atoms with van der Waals surface area (Å²) in [6.45, 7) is 5.15. The quantitative estimate of drug-likeness (QED) is 0.755. The topological polar surface area (TPSA) is 88.4 Å². The van der Waals surface area contributed by atoms with Crippen LogP contribution in [0.2, 0.25) is 0 Å². The number of benzene rings is 2. The van der Waals surface area contributed by atoms with Gasteiger partial charge in [-0.25, -0.2) is 0 Å². The van der Waals surface area contributed by atoms with E-state index in [2.05, 4.69) is 10.6 Å². The summed E-state index contributed by atoms with van der Waals surface area (Å²) in [7, 11) is 0. The van der Waals surface area contributed by atoms with E-state index in [-0.39, 0.29) is 17.1 Å². The fourth-order valence-corrected chi connectivity index (χ4v) is 2.81. The van der Waals surface area contributed by atoms with Crippen molar-refractivity contribution in [1.29, 1.82) is 0 Å². The number of aryl methyl sites for hydroxylation is 2. The van der Waals surface area contributed by atoms with Crippen LogP contribution >= 0.6 is 0 Å². The van der Waals surface area contributed by atoms with Gasteiger partial charge < -0.3 is 15.1 Å². The van der Waals surface area contributed by atoms with Crippen molar-refractivity contribution in [3.63, 3.8) is 0 Å². The highest BCUT2D eigenvalue weighted by Gasteiger charge is 2.14. The zero-order chi connectivity index (χ0) is 18.8. The molecular formula is C20H18N2O4. The smallest absolute Gasteiger partial charge is 0.291 e. The maximum atomic E-state index is 12.4. The predicted octanol–water partition coefficient (Wildman–Crippen LogP) is 3.62. The van der Waals surface area contributed by atoms with Crippen LogP contribution in [0.1, 0.15) is 28.6 Å². The summed E-state index contributed by atoms with van der Waals surface area (Å²) in [5.74, 6) is -0.751. The molecule has 2 N–H and O–H groups in total. The maximum Gasteiger partial charge on any atom is 0.291 e. The summed E-state index contributed by atoms with van der Waals surface area (Å²) in [6, 6.07) is 11.5. The molecule has 1 aromatic heterocycles. The molecule has 0 saturated heterocycles. The number of hydrogen-bond acceptors (Lipinski definition) is 4. The molecule has 0 aliphatic carbocycles. The first kappa shape index (κ1) is 17.4. The van der Waals surface area contributed by atoms with Gasteiger partial charge in [0, 0.05) is 24.4 Å². The van der Waals surface area contributed by atoms with Crippen LogP contribution < -0.4 is 16.1 Å². The van der Waals surface area contributed by atoms with E-state index in [1.165, 1.54) is 13.0 Å². The number of hydrogen-bond donors (Lipinski definition) is 2. The van der Waals surface area contributed by atoms with E-state index in [1.54, 1.807) is 30.3 Å². The minimum Gasteiger partial charge on any atom is -0.451 e. The standard InChI is InChI=1S/C20H18N2O4/c1-11-8-12(2)19-16(24)10-18(26-17(19)9-11)20(25)22-15-6-4-14(5-7-15)21-13(3)23/h4-10H,1-3H3,(H,21,23)(H,22,25). The second kappa shape index (κ2) is 6.84. The van der Waals surface area contributed by atoms with Crippen LogP contribution in [0, 0.1) is 13.8 Å². The monoisotopic (exact) mass is 350 g/mol. The van der Waals surface area contributed by atoms with Crippen molar-refractivity contribution >= 4 is 34.2 Å². The van der Waals surface area contributed by atoms with Gasteiger partial charge in [-0.3, -0.25) is 14.4 Å². The molecule has 0 spiro atoms. The van der Waals surface area contributed by atoms with Crippen molar-refractivity contribution in [2.24, 2.45) is 0 Å². The van der Waals surface area contributed by atoms with Crippen LogP contribution in [0.4, 0.5) is 11.4 Å². The minimum atomic E-state index is -0.518. The second-order valence-corrected chi connectivity index (χ2v) is 6.14. The highest BCUT2D eigenvalue weighted by atomic mass is 16.3. The number of nitrogens with one attached hydrogen (secondary N) is 2. The number of rotatable bonds is 3. The van der Waals surface area contributed by atoms with Gasteiger partial charge in [0.1, 0.15) is 5.58 Å². The average molecular weight is 350 g/mol. The Kier molecular flexibility index (Phi) is 4.58. The molecule has 26 heavy (non-hydrogen) atoms. The van der Waals surface area contributed by atoms with E-state index in [9.17, 15) is 14.4 Å². The lowest BCUT2D eigenvalue weighted by atomic mass is 10.1. The van der Waals surface area contributed by atoms with Crippen LogP contribution in [0.25, 0.3) is 11.0 Å². The van der Waals surface area contributed by atoms with Crippen molar-refractivity contribution in [2.45, 2.75) is 20.8 Å². The number of carbonyl (C=O) groups is 2. The molecule has 0 fully saturated rings. The molecule has 3 rings (SSSR count). The van der Waals surface area contributed by atoms with Crippen LogP contribution in [0.15, 0.2) is 51.7 Å². The molecule has 6 heteroatoms. The van der Waals surface area contributed by atoms with Crippen LogP contribution in [0.5, 0.6) is 0 Å². The summed E-state index contributed by atoms with van der Waals surface area (Å²) in [5, 5.41) is 5.80. The molecule has 0 bridgehead atoms. The molecule has 0 aliphatic rings. The van der Waals surface area contributed by atoms with E-state index in [4.69, 9.17) is 4.42 Å². The Morgan fingerprint density at radius 2 is 1.54 bits per heavy atom. The van der Waals surface area contributed by atoms with Gasteiger partial charge in [0.15, 0.2) is 11.2 Å². The van der Waals surface area contributed by atoms with Gasteiger partial charge in [-0.2, -0.15) is 0 Å². The molecule has 1 heterocycles. The van der Waals surface area contributed by atoms with Gasteiger partial charge in [0.2, 0.25) is 5.91 Å². The Morgan fingerprint density at radius 3 is 2.15 bits per heavy atom. The summed E-state index contributed by atoms with van der Waals surface area (Å²) in [6.07, 6.45) is 0. The SMILES string of the molecule is CC(=O)Nc1ccc(NC(=O)c2cc(=O)c3c(C)cc(C)cc3o2)cc1. The summed E-state index contributed by atoms with van der Waals surface area (Å²) >= 11 is 0. The molecule has 0 atom stereocenters. The first-order chi connectivity index (χ1) is 12.3. The Hall–Kier alpha value is -3.41. The minimum absolute atomic E-state index is 0.0570. The summed E-state index contributed by atoms with van der Waals surface area (Å²) < 4.78 is 5.65. The van der Waals surface area contributed by atoms with Gasteiger partial charge in [-0.1, -0.05) is 6.07 Å². The molecule has 3 aromatic rings. The Morgan fingerprint density at radius 1 is 0.923 bits per heavy atom. The maximum absolute atomic E-state index is 12.4. The number of carbonyl (C=O) groups excluding carboxylic acids is 2. The van der Waals surface area contributed by atoms with E-state index < -0.39 is 5.91 Å². The van der Waals surface area contributed by atoms with Crippen molar-refractivity contribution < 1.29 is 14.0 Å². The molecule has 2 aromatic carbocycles. The van der Waals surface area contributed by atoms with Gasteiger partial charge in [-0.05, 0) is 55.3 Å². The Labute approximate surface area is 149 Å². The third kappa shape index (κ3) is 3.64. The third-order valence-electron chi connectivity index (χ3n) is 3.86. The number of amides is 2. The first-order valence-corrected chi connectivity index (χ1v) is 8.07. The van der Waals surface area contributed by atoms with Crippen molar-refractivity contribution in [1.82, 2.24) is 0 Å². The Balaban J connectivity index is 1.88. The van der Waals surface area contributed by atoms with Crippen molar-refractivity contribution in [3.05, 3.63) is 69.6 Å². The second-order valence-electron chi connectivity index (χ2n) is 6.14. The van der Waals surface area contributed by atoms with E-state index in [0.29, 0.717) is 22.3 Å². The third-order valence-corrected chi connectivity index (χ3v) is 3.86. The number of fused-ring (bicyclic) bond motifs is 1. The normalized spacial score (nSPS) is 10.6. The molecule has 2 amide bonds. The van der Waals surface area contributed by atoms with E-state index in [1.807, 2.05) is 19.9 Å². The largest absolute Gasteiger partial charge is 0.451 e. The molecule has 0 unspecified atom stereocenters. The van der Waals surface area contributed by atoms with Crippen LogP contribution in [0.3, 0.4) is 0 Å². The molecular weight excluding hydrogens is 332 g/mol. The molecule has 132 valence electrons. The van der Waals surface area contributed by atoms with Crippen LogP contribution in [-0.4, -0.2) is 11.8 Å². The van der Waals surface area contributed by atoms with Gasteiger partial charge in [0.25, 0.3) is 5.91 Å². The zero-order valence-corrected chi connectivity index (χ0v) is 14.7. The highest BCUT2D eigenvalue weighted by Crippen LogP contribution is 2.20. The molecule has 0 saturated carbocycles. The Bertz CT molecular complexity index is 1070. The predicted molar refractivity (Wildman–Crippen MR) is 101 cm³/mol. The highest BCUT2D eigenvalue weighted by molar-refractivity contribution is 6.03. The lowest BCUT2D eigenvalue weighted by Gasteiger charge is -2.08. The summed E-state index contributed by atoms with van der Waals surface area (Å²) in [4.78, 5) is 35.8.